The van der Waals surface area contributed by atoms with Gasteiger partial charge >= 0.3 is 0 Å². The van der Waals surface area contributed by atoms with E-state index < -0.39 is 6.10 Å². The van der Waals surface area contributed by atoms with E-state index in [1.807, 2.05) is 30.3 Å². The predicted molar refractivity (Wildman–Crippen MR) is 75.2 cm³/mol. The smallest absolute Gasteiger partial charge is 0.127 e. The maximum absolute atomic E-state index is 10.3. The Hall–Kier alpha value is -1.80. The van der Waals surface area contributed by atoms with Crippen molar-refractivity contribution < 1.29 is 9.84 Å². The van der Waals surface area contributed by atoms with Crippen molar-refractivity contribution >= 4 is 0 Å². The fraction of sp³-hybridized carbons (Fsp3) is 0.294. The van der Waals surface area contributed by atoms with Gasteiger partial charge in [0.05, 0.1) is 6.10 Å². The topological polar surface area (TPSA) is 29.5 Å². The molecule has 19 heavy (non-hydrogen) atoms. The van der Waals surface area contributed by atoms with Crippen LogP contribution in [0.2, 0.25) is 0 Å². The molecule has 0 amide bonds. The van der Waals surface area contributed by atoms with Crippen LogP contribution < -0.4 is 4.74 Å². The van der Waals surface area contributed by atoms with Crippen molar-refractivity contribution in [3.8, 4) is 5.75 Å². The summed E-state index contributed by atoms with van der Waals surface area (Å²) < 4.78 is 6.07. The van der Waals surface area contributed by atoms with Crippen LogP contribution >= 0.6 is 0 Å². The third kappa shape index (κ3) is 2.24. The Balaban J connectivity index is 1.97. The van der Waals surface area contributed by atoms with Gasteiger partial charge in [0.1, 0.15) is 11.9 Å². The molecule has 2 aromatic carbocycles. The number of rotatable bonds is 2. The Labute approximate surface area is 113 Å². The quantitative estimate of drug-likeness (QED) is 0.883. The fourth-order valence-corrected chi connectivity index (χ4v) is 2.75. The first kappa shape index (κ1) is 12.2. The summed E-state index contributed by atoms with van der Waals surface area (Å²) in [7, 11) is 0. The lowest BCUT2D eigenvalue weighted by atomic mass is 9.92. The second kappa shape index (κ2) is 5.06. The van der Waals surface area contributed by atoms with Crippen molar-refractivity contribution in [1.82, 2.24) is 0 Å². The second-order valence-corrected chi connectivity index (χ2v) is 4.95. The molecule has 3 rings (SSSR count). The lowest BCUT2D eigenvalue weighted by Crippen LogP contribution is -2.20. The number of aliphatic hydroxyl groups excluding tert-OH is 1. The number of ether oxygens (including phenoxy) is 1. The van der Waals surface area contributed by atoms with Gasteiger partial charge in [-0.15, -0.1) is 0 Å². The Kier molecular flexibility index (Phi) is 3.26. The number of hydrogen-bond acceptors (Lipinski definition) is 2. The minimum atomic E-state index is -0.445. The minimum absolute atomic E-state index is 0.0546. The van der Waals surface area contributed by atoms with E-state index in [4.69, 9.17) is 4.74 Å². The van der Waals surface area contributed by atoms with Crippen molar-refractivity contribution in [3.05, 3.63) is 65.2 Å². The van der Waals surface area contributed by atoms with Crippen LogP contribution in [0, 0.1) is 0 Å². The molecule has 2 aromatic rings. The van der Waals surface area contributed by atoms with Crippen LogP contribution in [0.15, 0.2) is 48.5 Å². The molecule has 2 atom stereocenters. The predicted octanol–water partition coefficient (Wildman–Crippen LogP) is 3.81. The van der Waals surface area contributed by atoms with Crippen molar-refractivity contribution in [3.63, 3.8) is 0 Å². The van der Waals surface area contributed by atoms with Crippen LogP contribution in [0.3, 0.4) is 0 Å². The Morgan fingerprint density at radius 1 is 1.05 bits per heavy atom. The standard InChI is InChI=1S/C17H18O2/c1-2-12-7-3-4-8-13(12)17-11-15(18)14-9-5-6-10-16(14)19-17/h3-10,15,17-18H,2,11H2,1H3. The molecule has 0 radical (unpaired) electrons. The van der Waals surface area contributed by atoms with Crippen molar-refractivity contribution in [2.75, 3.05) is 0 Å². The van der Waals surface area contributed by atoms with Gasteiger partial charge in [0.15, 0.2) is 0 Å². The Morgan fingerprint density at radius 2 is 1.74 bits per heavy atom. The van der Waals surface area contributed by atoms with Crippen LogP contribution in [0.4, 0.5) is 0 Å². The highest BCUT2D eigenvalue weighted by Gasteiger charge is 2.28. The minimum Gasteiger partial charge on any atom is -0.485 e. The lowest BCUT2D eigenvalue weighted by molar-refractivity contribution is 0.0653. The van der Waals surface area contributed by atoms with Crippen molar-refractivity contribution in [2.24, 2.45) is 0 Å². The highest BCUT2D eigenvalue weighted by Crippen LogP contribution is 2.41. The fourth-order valence-electron chi connectivity index (χ4n) is 2.75. The van der Waals surface area contributed by atoms with E-state index in [0.29, 0.717) is 6.42 Å². The number of fused-ring (bicyclic) bond motifs is 1. The van der Waals surface area contributed by atoms with Gasteiger partial charge in [-0.25, -0.2) is 0 Å². The highest BCUT2D eigenvalue weighted by atomic mass is 16.5. The third-order valence-electron chi connectivity index (χ3n) is 3.77. The molecule has 0 aromatic heterocycles. The van der Waals surface area contributed by atoms with Crippen LogP contribution in [0.1, 0.15) is 42.2 Å². The molecular formula is C17H18O2. The first-order valence-electron chi connectivity index (χ1n) is 6.81. The van der Waals surface area contributed by atoms with Gasteiger partial charge in [-0.05, 0) is 23.6 Å². The van der Waals surface area contributed by atoms with Gasteiger partial charge in [-0.1, -0.05) is 49.4 Å². The van der Waals surface area contributed by atoms with Crippen LogP contribution in [-0.4, -0.2) is 5.11 Å². The molecule has 0 fully saturated rings. The van der Waals surface area contributed by atoms with Crippen LogP contribution in [0.25, 0.3) is 0 Å². The van der Waals surface area contributed by atoms with Gasteiger partial charge in [-0.2, -0.15) is 0 Å². The molecule has 0 saturated carbocycles. The monoisotopic (exact) mass is 254 g/mol. The van der Waals surface area contributed by atoms with Gasteiger partial charge in [-0.3, -0.25) is 0 Å². The first-order valence-corrected chi connectivity index (χ1v) is 6.81. The van der Waals surface area contributed by atoms with E-state index in [1.165, 1.54) is 11.1 Å². The SMILES string of the molecule is CCc1ccccc1C1CC(O)c2ccccc2O1. The van der Waals surface area contributed by atoms with E-state index >= 15 is 0 Å². The number of para-hydroxylation sites is 1. The second-order valence-electron chi connectivity index (χ2n) is 4.95. The summed E-state index contributed by atoms with van der Waals surface area (Å²) in [4.78, 5) is 0. The van der Waals surface area contributed by atoms with Gasteiger partial charge in [0.2, 0.25) is 0 Å². The zero-order valence-corrected chi connectivity index (χ0v) is 11.0. The first-order chi connectivity index (χ1) is 9.29. The van der Waals surface area contributed by atoms with E-state index in [1.54, 1.807) is 0 Å². The number of aliphatic hydroxyl groups is 1. The number of aryl methyl sites for hydroxylation is 1. The maximum atomic E-state index is 10.3. The van der Waals surface area contributed by atoms with Crippen molar-refractivity contribution in [2.45, 2.75) is 32.0 Å². The number of benzene rings is 2. The molecular weight excluding hydrogens is 236 g/mol. The summed E-state index contributed by atoms with van der Waals surface area (Å²) in [5, 5.41) is 10.3. The summed E-state index contributed by atoms with van der Waals surface area (Å²) in [6, 6.07) is 16.1. The molecule has 2 heteroatoms. The lowest BCUT2D eigenvalue weighted by Gasteiger charge is -2.30. The molecule has 1 aliphatic rings. The Morgan fingerprint density at radius 3 is 2.53 bits per heavy atom. The summed E-state index contributed by atoms with van der Waals surface area (Å²) in [6.45, 7) is 2.14. The zero-order valence-electron chi connectivity index (χ0n) is 11.0. The molecule has 0 spiro atoms. The number of hydrogen-bond donors (Lipinski definition) is 1. The molecule has 0 aliphatic carbocycles. The zero-order chi connectivity index (χ0) is 13.2. The average Bonchev–Trinajstić information content (AvgIpc) is 2.47. The molecule has 0 saturated heterocycles. The largest absolute Gasteiger partial charge is 0.485 e. The molecule has 1 heterocycles. The molecule has 98 valence electrons. The maximum Gasteiger partial charge on any atom is 0.127 e. The summed E-state index contributed by atoms with van der Waals surface area (Å²) in [5.74, 6) is 0.803. The summed E-state index contributed by atoms with van der Waals surface area (Å²) in [6.07, 6.45) is 1.10. The van der Waals surface area contributed by atoms with Crippen molar-refractivity contribution in [1.29, 1.82) is 0 Å². The molecule has 1 N–H and O–H groups in total. The summed E-state index contributed by atoms with van der Waals surface area (Å²) >= 11 is 0. The summed E-state index contributed by atoms with van der Waals surface area (Å²) in [5.41, 5.74) is 3.38. The highest BCUT2D eigenvalue weighted by molar-refractivity contribution is 5.39. The normalized spacial score (nSPS) is 21.6. The molecule has 2 nitrogen and oxygen atoms in total. The van der Waals surface area contributed by atoms with E-state index in [9.17, 15) is 5.11 Å². The van der Waals surface area contributed by atoms with Crippen LogP contribution in [-0.2, 0) is 6.42 Å². The third-order valence-corrected chi connectivity index (χ3v) is 3.77. The molecule has 1 aliphatic heterocycles. The van der Waals surface area contributed by atoms with E-state index in [-0.39, 0.29) is 6.10 Å². The van der Waals surface area contributed by atoms with Gasteiger partial charge in [0, 0.05) is 12.0 Å². The Bertz CT molecular complexity index is 577. The average molecular weight is 254 g/mol. The molecule has 0 bridgehead atoms. The van der Waals surface area contributed by atoms with Crippen LogP contribution in [0.5, 0.6) is 5.75 Å². The molecule has 2 unspecified atom stereocenters. The van der Waals surface area contributed by atoms with Gasteiger partial charge in [0.25, 0.3) is 0 Å². The van der Waals surface area contributed by atoms with Gasteiger partial charge < -0.3 is 9.84 Å². The van der Waals surface area contributed by atoms with E-state index in [2.05, 4.69) is 25.1 Å². The van der Waals surface area contributed by atoms with E-state index in [0.717, 1.165) is 17.7 Å².